The molecule has 1 aliphatic rings. The van der Waals surface area contributed by atoms with Crippen molar-refractivity contribution >= 4 is 23.4 Å². The summed E-state index contributed by atoms with van der Waals surface area (Å²) in [4.78, 5) is 25.6. The first-order valence-electron chi connectivity index (χ1n) is 8.77. The summed E-state index contributed by atoms with van der Waals surface area (Å²) in [5.41, 5.74) is 2.50. The average Bonchev–Trinajstić information content (AvgIpc) is 3.07. The molecule has 0 radical (unpaired) electrons. The molecule has 1 saturated heterocycles. The van der Waals surface area contributed by atoms with Gasteiger partial charge in [0.1, 0.15) is 18.4 Å². The van der Waals surface area contributed by atoms with Crippen molar-refractivity contribution in [3.05, 3.63) is 54.1 Å². The first-order valence-corrected chi connectivity index (χ1v) is 8.77. The highest BCUT2D eigenvalue weighted by molar-refractivity contribution is 5.96. The van der Waals surface area contributed by atoms with Crippen LogP contribution in [0.5, 0.6) is 5.75 Å². The van der Waals surface area contributed by atoms with Gasteiger partial charge in [0.2, 0.25) is 5.91 Å². The van der Waals surface area contributed by atoms with Gasteiger partial charge in [0.25, 0.3) is 0 Å². The maximum Gasteiger partial charge on any atom is 0.410 e. The van der Waals surface area contributed by atoms with Crippen molar-refractivity contribution in [3.63, 3.8) is 0 Å². The molecule has 1 heterocycles. The standard InChI is InChI=1S/C20H23N3O4/c1-14(19(24)22-16-6-8-18(26-2)9-7-16)21-17-5-3-4-15(12-17)13-23-10-11-27-20(23)25/h3-9,12,14,21H,10-11,13H2,1-2H3,(H,22,24). The van der Waals surface area contributed by atoms with Gasteiger partial charge in [-0.15, -0.1) is 0 Å². The molecule has 7 nitrogen and oxygen atoms in total. The minimum absolute atomic E-state index is 0.145. The van der Waals surface area contributed by atoms with Crippen molar-refractivity contribution in [1.82, 2.24) is 4.90 Å². The molecular weight excluding hydrogens is 346 g/mol. The Hall–Kier alpha value is -3.22. The van der Waals surface area contributed by atoms with Gasteiger partial charge in [-0.3, -0.25) is 4.79 Å². The molecule has 2 aromatic rings. The predicted octanol–water partition coefficient (Wildman–Crippen LogP) is 3.09. The zero-order valence-corrected chi connectivity index (χ0v) is 15.4. The highest BCUT2D eigenvalue weighted by atomic mass is 16.6. The van der Waals surface area contributed by atoms with E-state index in [4.69, 9.17) is 9.47 Å². The van der Waals surface area contributed by atoms with Crippen molar-refractivity contribution < 1.29 is 19.1 Å². The minimum atomic E-state index is -0.431. The molecule has 3 rings (SSSR count). The molecular formula is C20H23N3O4. The minimum Gasteiger partial charge on any atom is -0.497 e. The quantitative estimate of drug-likeness (QED) is 0.784. The highest BCUT2D eigenvalue weighted by Gasteiger charge is 2.22. The second-order valence-electron chi connectivity index (χ2n) is 6.32. The fourth-order valence-electron chi connectivity index (χ4n) is 2.79. The molecule has 2 amide bonds. The Morgan fingerprint density at radius 2 is 2.00 bits per heavy atom. The van der Waals surface area contributed by atoms with E-state index in [1.165, 1.54) is 0 Å². The van der Waals surface area contributed by atoms with Crippen molar-refractivity contribution in [3.8, 4) is 5.75 Å². The molecule has 2 aromatic carbocycles. The number of hydrogen-bond acceptors (Lipinski definition) is 5. The van der Waals surface area contributed by atoms with Crippen molar-refractivity contribution in [2.75, 3.05) is 30.9 Å². The number of carbonyl (C=O) groups excluding carboxylic acids is 2. The number of benzene rings is 2. The molecule has 0 saturated carbocycles. The lowest BCUT2D eigenvalue weighted by atomic mass is 10.1. The maximum atomic E-state index is 12.4. The van der Waals surface area contributed by atoms with E-state index < -0.39 is 6.04 Å². The topological polar surface area (TPSA) is 79.9 Å². The van der Waals surface area contributed by atoms with E-state index in [2.05, 4.69) is 10.6 Å². The second-order valence-corrected chi connectivity index (χ2v) is 6.32. The molecule has 0 bridgehead atoms. The smallest absolute Gasteiger partial charge is 0.410 e. The third-order valence-corrected chi connectivity index (χ3v) is 4.28. The lowest BCUT2D eigenvalue weighted by molar-refractivity contribution is -0.116. The summed E-state index contributed by atoms with van der Waals surface area (Å²) in [6.45, 7) is 3.31. The van der Waals surface area contributed by atoms with Gasteiger partial charge in [-0.05, 0) is 48.9 Å². The van der Waals surface area contributed by atoms with Gasteiger partial charge in [-0.25, -0.2) is 4.79 Å². The van der Waals surface area contributed by atoms with E-state index in [1.54, 1.807) is 43.2 Å². The van der Waals surface area contributed by atoms with E-state index in [0.717, 1.165) is 17.0 Å². The number of ether oxygens (including phenoxy) is 2. The molecule has 1 unspecified atom stereocenters. The summed E-state index contributed by atoms with van der Waals surface area (Å²) in [6, 6.07) is 14.4. The highest BCUT2D eigenvalue weighted by Crippen LogP contribution is 2.18. The average molecular weight is 369 g/mol. The van der Waals surface area contributed by atoms with Crippen LogP contribution < -0.4 is 15.4 Å². The van der Waals surface area contributed by atoms with Gasteiger partial charge in [-0.1, -0.05) is 12.1 Å². The number of amides is 2. The number of hydrogen-bond donors (Lipinski definition) is 2. The molecule has 27 heavy (non-hydrogen) atoms. The molecule has 7 heteroatoms. The largest absolute Gasteiger partial charge is 0.497 e. The number of rotatable bonds is 7. The van der Waals surface area contributed by atoms with E-state index in [-0.39, 0.29) is 12.0 Å². The molecule has 1 fully saturated rings. The van der Waals surface area contributed by atoms with Gasteiger partial charge in [0.05, 0.1) is 13.7 Å². The molecule has 1 aliphatic heterocycles. The Bertz CT molecular complexity index is 807. The number of anilines is 2. The fourth-order valence-corrected chi connectivity index (χ4v) is 2.79. The summed E-state index contributed by atoms with van der Waals surface area (Å²) < 4.78 is 10.1. The van der Waals surface area contributed by atoms with Gasteiger partial charge < -0.3 is 25.0 Å². The fraction of sp³-hybridized carbons (Fsp3) is 0.300. The van der Waals surface area contributed by atoms with Crippen LogP contribution in [0.15, 0.2) is 48.5 Å². The Morgan fingerprint density at radius 3 is 2.67 bits per heavy atom. The Balaban J connectivity index is 1.57. The lowest BCUT2D eigenvalue weighted by Gasteiger charge is -2.17. The summed E-state index contributed by atoms with van der Waals surface area (Å²) in [5.74, 6) is 0.589. The summed E-state index contributed by atoms with van der Waals surface area (Å²) >= 11 is 0. The second kappa shape index (κ2) is 8.44. The van der Waals surface area contributed by atoms with E-state index in [0.29, 0.717) is 25.4 Å². The first kappa shape index (κ1) is 18.6. The summed E-state index contributed by atoms with van der Waals surface area (Å²) in [6.07, 6.45) is -0.291. The number of methoxy groups -OCH3 is 1. The Morgan fingerprint density at radius 1 is 1.22 bits per heavy atom. The van der Waals surface area contributed by atoms with Crippen LogP contribution in [0.3, 0.4) is 0 Å². The zero-order valence-electron chi connectivity index (χ0n) is 15.4. The predicted molar refractivity (Wildman–Crippen MR) is 103 cm³/mol. The third-order valence-electron chi connectivity index (χ3n) is 4.28. The number of nitrogens with one attached hydrogen (secondary N) is 2. The van der Waals surface area contributed by atoms with E-state index in [9.17, 15) is 9.59 Å². The molecule has 2 N–H and O–H groups in total. The summed E-state index contributed by atoms with van der Waals surface area (Å²) in [5, 5.41) is 6.06. The van der Waals surface area contributed by atoms with Crippen LogP contribution in [0.1, 0.15) is 12.5 Å². The lowest BCUT2D eigenvalue weighted by Crippen LogP contribution is -2.32. The zero-order chi connectivity index (χ0) is 19.2. The van der Waals surface area contributed by atoms with Crippen molar-refractivity contribution in [2.24, 2.45) is 0 Å². The summed E-state index contributed by atoms with van der Waals surface area (Å²) in [7, 11) is 1.60. The van der Waals surface area contributed by atoms with Gasteiger partial charge >= 0.3 is 6.09 Å². The third kappa shape index (κ3) is 4.91. The molecule has 0 aliphatic carbocycles. The number of nitrogens with zero attached hydrogens (tertiary/aromatic N) is 1. The van der Waals surface area contributed by atoms with Gasteiger partial charge in [0, 0.05) is 17.9 Å². The Labute approximate surface area is 158 Å². The van der Waals surface area contributed by atoms with Crippen LogP contribution in [0.4, 0.5) is 16.2 Å². The monoisotopic (exact) mass is 369 g/mol. The molecule has 0 aromatic heterocycles. The van der Waals surface area contributed by atoms with Crippen LogP contribution >= 0.6 is 0 Å². The van der Waals surface area contributed by atoms with E-state index in [1.807, 2.05) is 24.3 Å². The van der Waals surface area contributed by atoms with E-state index >= 15 is 0 Å². The molecule has 1 atom stereocenters. The van der Waals surface area contributed by atoms with Gasteiger partial charge in [0.15, 0.2) is 0 Å². The van der Waals surface area contributed by atoms with Gasteiger partial charge in [-0.2, -0.15) is 0 Å². The van der Waals surface area contributed by atoms with Crippen molar-refractivity contribution in [1.29, 1.82) is 0 Å². The number of cyclic esters (lactones) is 1. The van der Waals surface area contributed by atoms with Crippen LogP contribution in [-0.2, 0) is 16.1 Å². The number of carbonyl (C=O) groups is 2. The normalized spacial score (nSPS) is 14.4. The maximum absolute atomic E-state index is 12.4. The molecule has 142 valence electrons. The van der Waals surface area contributed by atoms with Crippen LogP contribution in [0, 0.1) is 0 Å². The first-order chi connectivity index (χ1) is 13.0. The van der Waals surface area contributed by atoms with Crippen molar-refractivity contribution in [2.45, 2.75) is 19.5 Å². The Kier molecular flexibility index (Phi) is 5.80. The SMILES string of the molecule is COc1ccc(NC(=O)C(C)Nc2cccc(CN3CCOC3=O)c2)cc1. The van der Waals surface area contributed by atoms with Crippen LogP contribution in [0.2, 0.25) is 0 Å². The molecule has 0 spiro atoms. The van der Waals surface area contributed by atoms with Crippen LogP contribution in [0.25, 0.3) is 0 Å². The van der Waals surface area contributed by atoms with Crippen LogP contribution in [-0.4, -0.2) is 43.2 Å².